The molecular weight excluding hydrogens is 222 g/mol. The van der Waals surface area contributed by atoms with Crippen molar-refractivity contribution >= 4 is 11.9 Å². The molecule has 0 bridgehead atoms. The fourth-order valence-electron chi connectivity index (χ4n) is 2.75. The highest BCUT2D eigenvalue weighted by atomic mass is 16.4. The zero-order valence-electron chi connectivity index (χ0n) is 10.0. The van der Waals surface area contributed by atoms with E-state index in [1.165, 1.54) is 6.92 Å². The van der Waals surface area contributed by atoms with E-state index in [0.29, 0.717) is 0 Å². The van der Waals surface area contributed by atoms with Crippen LogP contribution in [-0.4, -0.2) is 59.6 Å². The smallest absolute Gasteiger partial charge is 0.305 e. The summed E-state index contributed by atoms with van der Waals surface area (Å²) in [5, 5.41) is 15.0. The standard InChI is InChI=1S/C11H19N3O3/c1-8(15)13-9-2-3-14(5-9)11(4-10(16)17)6-12-7-11/h9,12H,2-7H2,1H3,(H,13,15)(H,16,17). The number of carbonyl (C=O) groups excluding carboxylic acids is 1. The Morgan fingerprint density at radius 3 is 2.71 bits per heavy atom. The number of carboxylic acid groups (broad SMARTS) is 1. The van der Waals surface area contributed by atoms with Crippen LogP contribution in [-0.2, 0) is 9.59 Å². The van der Waals surface area contributed by atoms with Gasteiger partial charge in [0.15, 0.2) is 0 Å². The fourth-order valence-corrected chi connectivity index (χ4v) is 2.75. The van der Waals surface area contributed by atoms with E-state index < -0.39 is 5.97 Å². The molecule has 1 atom stereocenters. The van der Waals surface area contributed by atoms with E-state index in [1.54, 1.807) is 0 Å². The first-order valence-electron chi connectivity index (χ1n) is 5.96. The quantitative estimate of drug-likeness (QED) is 0.589. The van der Waals surface area contributed by atoms with Gasteiger partial charge < -0.3 is 15.7 Å². The average Bonchev–Trinajstić information content (AvgIpc) is 2.58. The summed E-state index contributed by atoms with van der Waals surface area (Å²) >= 11 is 0. The van der Waals surface area contributed by atoms with Crippen molar-refractivity contribution in [3.63, 3.8) is 0 Å². The number of aliphatic carboxylic acids is 1. The highest BCUT2D eigenvalue weighted by Crippen LogP contribution is 2.28. The lowest BCUT2D eigenvalue weighted by Gasteiger charge is -2.48. The summed E-state index contributed by atoms with van der Waals surface area (Å²) in [5.41, 5.74) is -0.237. The Morgan fingerprint density at radius 1 is 1.53 bits per heavy atom. The first-order chi connectivity index (χ1) is 8.02. The third kappa shape index (κ3) is 2.58. The molecule has 0 aliphatic carbocycles. The molecule has 0 saturated carbocycles. The van der Waals surface area contributed by atoms with Crippen molar-refractivity contribution in [2.75, 3.05) is 26.2 Å². The van der Waals surface area contributed by atoms with Crippen LogP contribution in [0, 0.1) is 0 Å². The van der Waals surface area contributed by atoms with Crippen LogP contribution in [0.15, 0.2) is 0 Å². The third-order valence-electron chi connectivity index (χ3n) is 3.65. The summed E-state index contributed by atoms with van der Waals surface area (Å²) in [7, 11) is 0. The first kappa shape index (κ1) is 12.3. The molecular formula is C11H19N3O3. The van der Waals surface area contributed by atoms with Crippen molar-refractivity contribution in [2.45, 2.75) is 31.3 Å². The molecule has 17 heavy (non-hydrogen) atoms. The zero-order chi connectivity index (χ0) is 12.5. The Labute approximate surface area is 100 Å². The van der Waals surface area contributed by atoms with Crippen LogP contribution in [0.5, 0.6) is 0 Å². The number of rotatable bonds is 4. The largest absolute Gasteiger partial charge is 0.481 e. The molecule has 2 rings (SSSR count). The van der Waals surface area contributed by atoms with Gasteiger partial charge in [-0.2, -0.15) is 0 Å². The van der Waals surface area contributed by atoms with Crippen LogP contribution in [0.3, 0.4) is 0 Å². The number of amides is 1. The van der Waals surface area contributed by atoms with Gasteiger partial charge in [0.1, 0.15) is 0 Å². The molecule has 2 heterocycles. The maximum Gasteiger partial charge on any atom is 0.305 e. The fraction of sp³-hybridized carbons (Fsp3) is 0.818. The molecule has 6 heteroatoms. The predicted octanol–water partition coefficient (Wildman–Crippen LogP) is -0.986. The Kier molecular flexibility index (Phi) is 3.35. The lowest BCUT2D eigenvalue weighted by atomic mass is 9.87. The van der Waals surface area contributed by atoms with E-state index in [1.807, 2.05) is 0 Å². The predicted molar refractivity (Wildman–Crippen MR) is 61.6 cm³/mol. The first-order valence-corrected chi connectivity index (χ1v) is 5.96. The van der Waals surface area contributed by atoms with E-state index >= 15 is 0 Å². The number of likely N-dealkylation sites (tertiary alicyclic amines) is 1. The average molecular weight is 241 g/mol. The van der Waals surface area contributed by atoms with Gasteiger partial charge in [0, 0.05) is 39.1 Å². The van der Waals surface area contributed by atoms with Crippen molar-refractivity contribution < 1.29 is 14.7 Å². The molecule has 0 aromatic heterocycles. The molecule has 96 valence electrons. The maximum absolute atomic E-state index is 11.0. The molecule has 2 aliphatic rings. The van der Waals surface area contributed by atoms with E-state index in [2.05, 4.69) is 15.5 Å². The number of nitrogens with one attached hydrogen (secondary N) is 2. The molecule has 1 amide bonds. The SMILES string of the molecule is CC(=O)NC1CCN(C2(CC(=O)O)CNC2)C1. The van der Waals surface area contributed by atoms with E-state index in [4.69, 9.17) is 5.11 Å². The minimum absolute atomic E-state index is 0.0177. The molecule has 2 fully saturated rings. The summed E-state index contributed by atoms with van der Waals surface area (Å²) in [4.78, 5) is 24.1. The minimum atomic E-state index is -0.755. The van der Waals surface area contributed by atoms with Crippen molar-refractivity contribution in [1.29, 1.82) is 0 Å². The molecule has 0 spiro atoms. The summed E-state index contributed by atoms with van der Waals surface area (Å²) in [6.07, 6.45) is 1.08. The second-order valence-electron chi connectivity index (χ2n) is 5.03. The highest BCUT2D eigenvalue weighted by molar-refractivity contribution is 5.73. The van der Waals surface area contributed by atoms with E-state index in [9.17, 15) is 9.59 Å². The topological polar surface area (TPSA) is 81.7 Å². The molecule has 2 saturated heterocycles. The maximum atomic E-state index is 11.0. The minimum Gasteiger partial charge on any atom is -0.481 e. The van der Waals surface area contributed by atoms with E-state index in [-0.39, 0.29) is 23.9 Å². The molecule has 0 aromatic carbocycles. The Morgan fingerprint density at radius 2 is 2.24 bits per heavy atom. The molecule has 0 aromatic rings. The van der Waals surface area contributed by atoms with E-state index in [0.717, 1.165) is 32.6 Å². The molecule has 6 nitrogen and oxygen atoms in total. The number of carbonyl (C=O) groups is 2. The van der Waals surface area contributed by atoms with Crippen LogP contribution >= 0.6 is 0 Å². The Hall–Kier alpha value is -1.14. The van der Waals surface area contributed by atoms with Crippen LogP contribution in [0.4, 0.5) is 0 Å². The number of nitrogens with zero attached hydrogens (tertiary/aromatic N) is 1. The Balaban J connectivity index is 1.94. The monoisotopic (exact) mass is 241 g/mol. The second kappa shape index (κ2) is 4.62. The summed E-state index contributed by atoms with van der Waals surface area (Å²) in [6, 6.07) is 0.166. The highest BCUT2D eigenvalue weighted by Gasteiger charge is 2.46. The van der Waals surface area contributed by atoms with Crippen molar-refractivity contribution in [3.05, 3.63) is 0 Å². The van der Waals surface area contributed by atoms with Gasteiger partial charge in [0.2, 0.25) is 5.91 Å². The number of hydrogen-bond acceptors (Lipinski definition) is 4. The molecule has 0 radical (unpaired) electrons. The Bertz CT molecular complexity index is 328. The van der Waals surface area contributed by atoms with Crippen molar-refractivity contribution in [2.24, 2.45) is 0 Å². The second-order valence-corrected chi connectivity index (χ2v) is 5.03. The van der Waals surface area contributed by atoms with Gasteiger partial charge in [0.05, 0.1) is 12.0 Å². The number of hydrogen-bond donors (Lipinski definition) is 3. The van der Waals surface area contributed by atoms with Gasteiger partial charge in [-0.1, -0.05) is 0 Å². The molecule has 2 aliphatic heterocycles. The van der Waals surface area contributed by atoms with Crippen LogP contribution in [0.25, 0.3) is 0 Å². The number of carboxylic acids is 1. The summed E-state index contributed by atoms with van der Waals surface area (Å²) in [5.74, 6) is -0.773. The normalized spacial score (nSPS) is 27.5. The summed E-state index contributed by atoms with van der Waals surface area (Å²) < 4.78 is 0. The lowest BCUT2D eigenvalue weighted by Crippen LogP contribution is -2.69. The van der Waals surface area contributed by atoms with Gasteiger partial charge in [-0.15, -0.1) is 0 Å². The van der Waals surface area contributed by atoms with Crippen LogP contribution in [0.2, 0.25) is 0 Å². The molecule has 1 unspecified atom stereocenters. The third-order valence-corrected chi connectivity index (χ3v) is 3.65. The zero-order valence-corrected chi connectivity index (χ0v) is 10.0. The lowest BCUT2D eigenvalue weighted by molar-refractivity contribution is -0.141. The van der Waals surface area contributed by atoms with Crippen LogP contribution < -0.4 is 10.6 Å². The van der Waals surface area contributed by atoms with Crippen LogP contribution in [0.1, 0.15) is 19.8 Å². The van der Waals surface area contributed by atoms with Gasteiger partial charge in [-0.05, 0) is 6.42 Å². The van der Waals surface area contributed by atoms with Gasteiger partial charge in [-0.3, -0.25) is 14.5 Å². The van der Waals surface area contributed by atoms with Gasteiger partial charge in [-0.25, -0.2) is 0 Å². The van der Waals surface area contributed by atoms with Crippen molar-refractivity contribution in [1.82, 2.24) is 15.5 Å². The van der Waals surface area contributed by atoms with Gasteiger partial charge >= 0.3 is 5.97 Å². The summed E-state index contributed by atoms with van der Waals surface area (Å²) in [6.45, 7) is 4.59. The van der Waals surface area contributed by atoms with Crippen molar-refractivity contribution in [3.8, 4) is 0 Å². The van der Waals surface area contributed by atoms with Gasteiger partial charge in [0.25, 0.3) is 0 Å². The molecule has 3 N–H and O–H groups in total.